The molecule has 0 aromatic heterocycles. The van der Waals surface area contributed by atoms with Crippen LogP contribution in [-0.4, -0.2) is 44.2 Å². The minimum Gasteiger partial charge on any atom is -0.330 e. The average Bonchev–Trinajstić information content (AvgIpc) is 2.62. The monoisotopic (exact) mass is 241 g/mol. The van der Waals surface area contributed by atoms with Gasteiger partial charge in [0.15, 0.2) is 0 Å². The van der Waals surface area contributed by atoms with Crippen molar-refractivity contribution in [2.24, 2.45) is 17.6 Å². The van der Waals surface area contributed by atoms with Crippen molar-refractivity contribution >= 4 is 0 Å². The molecule has 3 N–H and O–H groups in total. The third kappa shape index (κ3) is 5.36. The zero-order valence-electron chi connectivity index (χ0n) is 12.1. The van der Waals surface area contributed by atoms with Crippen LogP contribution in [0.3, 0.4) is 0 Å². The molecule has 102 valence electrons. The Hall–Kier alpha value is -0.120. The number of hydrogen-bond acceptors (Lipinski definition) is 3. The number of nitrogens with zero attached hydrogens (tertiary/aromatic N) is 1. The summed E-state index contributed by atoms with van der Waals surface area (Å²) in [5, 5.41) is 3.86. The summed E-state index contributed by atoms with van der Waals surface area (Å²) >= 11 is 0. The summed E-state index contributed by atoms with van der Waals surface area (Å²) in [5.41, 5.74) is 5.85. The van der Waals surface area contributed by atoms with E-state index in [1.54, 1.807) is 0 Å². The van der Waals surface area contributed by atoms with E-state index in [1.165, 1.54) is 25.7 Å². The fourth-order valence-corrected chi connectivity index (χ4v) is 3.05. The molecular formula is C14H31N3. The second-order valence-electron chi connectivity index (χ2n) is 6.29. The summed E-state index contributed by atoms with van der Waals surface area (Å²) in [4.78, 5) is 2.28. The quantitative estimate of drug-likeness (QED) is 0.712. The van der Waals surface area contributed by atoms with Crippen molar-refractivity contribution in [2.45, 2.75) is 51.6 Å². The molecular weight excluding hydrogens is 210 g/mol. The van der Waals surface area contributed by atoms with Gasteiger partial charge in [0.2, 0.25) is 0 Å². The van der Waals surface area contributed by atoms with E-state index in [9.17, 15) is 0 Å². The Morgan fingerprint density at radius 3 is 2.53 bits per heavy atom. The third-order valence-corrected chi connectivity index (χ3v) is 3.75. The number of hydrogen-bond donors (Lipinski definition) is 2. The van der Waals surface area contributed by atoms with E-state index in [0.717, 1.165) is 19.0 Å². The van der Waals surface area contributed by atoms with Gasteiger partial charge >= 0.3 is 0 Å². The summed E-state index contributed by atoms with van der Waals surface area (Å²) < 4.78 is 0. The smallest absolute Gasteiger partial charge is 0.0199 e. The molecule has 0 radical (unpaired) electrons. The SMILES string of the molecule is CC(C)CC(CN(C)C)NC1CCCC1CN. The number of nitrogens with one attached hydrogen (secondary N) is 1. The van der Waals surface area contributed by atoms with Gasteiger partial charge in [0.05, 0.1) is 0 Å². The van der Waals surface area contributed by atoms with Crippen LogP contribution >= 0.6 is 0 Å². The summed E-state index contributed by atoms with van der Waals surface area (Å²) in [6, 6.07) is 1.27. The molecule has 0 spiro atoms. The first-order chi connectivity index (χ1) is 8.02. The molecule has 1 aliphatic rings. The molecule has 1 fully saturated rings. The van der Waals surface area contributed by atoms with Crippen molar-refractivity contribution in [1.82, 2.24) is 10.2 Å². The van der Waals surface area contributed by atoms with Gasteiger partial charge in [-0.05, 0) is 51.7 Å². The maximum atomic E-state index is 5.85. The summed E-state index contributed by atoms with van der Waals surface area (Å²) in [6.07, 6.45) is 5.22. The zero-order chi connectivity index (χ0) is 12.8. The predicted molar refractivity (Wildman–Crippen MR) is 75.1 cm³/mol. The molecule has 0 amide bonds. The highest BCUT2D eigenvalue weighted by Gasteiger charge is 2.28. The van der Waals surface area contributed by atoms with Gasteiger partial charge < -0.3 is 16.0 Å². The van der Waals surface area contributed by atoms with Crippen molar-refractivity contribution in [3.05, 3.63) is 0 Å². The number of nitrogens with two attached hydrogens (primary N) is 1. The minimum absolute atomic E-state index is 0.613. The fraction of sp³-hybridized carbons (Fsp3) is 1.00. The molecule has 0 aromatic carbocycles. The molecule has 0 bridgehead atoms. The summed E-state index contributed by atoms with van der Waals surface area (Å²) in [5.74, 6) is 1.46. The Morgan fingerprint density at radius 2 is 2.00 bits per heavy atom. The molecule has 17 heavy (non-hydrogen) atoms. The predicted octanol–water partition coefficient (Wildman–Crippen LogP) is 1.68. The van der Waals surface area contributed by atoms with Crippen LogP contribution in [0, 0.1) is 11.8 Å². The highest BCUT2D eigenvalue weighted by molar-refractivity contribution is 4.87. The van der Waals surface area contributed by atoms with E-state index >= 15 is 0 Å². The van der Waals surface area contributed by atoms with Gasteiger partial charge in [0.25, 0.3) is 0 Å². The maximum Gasteiger partial charge on any atom is 0.0199 e. The Kier molecular flexibility index (Phi) is 6.45. The lowest BCUT2D eigenvalue weighted by Gasteiger charge is -2.29. The van der Waals surface area contributed by atoms with Crippen LogP contribution in [0.25, 0.3) is 0 Å². The largest absolute Gasteiger partial charge is 0.330 e. The molecule has 3 unspecified atom stereocenters. The summed E-state index contributed by atoms with van der Waals surface area (Å²) in [7, 11) is 4.31. The van der Waals surface area contributed by atoms with Crippen molar-refractivity contribution in [1.29, 1.82) is 0 Å². The molecule has 0 aromatic rings. The first-order valence-corrected chi connectivity index (χ1v) is 7.13. The van der Waals surface area contributed by atoms with Crippen LogP contribution in [-0.2, 0) is 0 Å². The van der Waals surface area contributed by atoms with Gasteiger partial charge in [0, 0.05) is 18.6 Å². The Labute approximate surface area is 107 Å². The number of likely N-dealkylation sites (N-methyl/N-ethyl adjacent to an activating group) is 1. The molecule has 3 nitrogen and oxygen atoms in total. The van der Waals surface area contributed by atoms with Crippen molar-refractivity contribution in [3.63, 3.8) is 0 Å². The van der Waals surface area contributed by atoms with E-state index in [2.05, 4.69) is 38.2 Å². The lowest BCUT2D eigenvalue weighted by atomic mass is 9.99. The van der Waals surface area contributed by atoms with Crippen LogP contribution in [0.5, 0.6) is 0 Å². The fourth-order valence-electron chi connectivity index (χ4n) is 3.05. The highest BCUT2D eigenvalue weighted by atomic mass is 15.1. The Balaban J connectivity index is 2.46. The lowest BCUT2D eigenvalue weighted by Crippen LogP contribution is -2.47. The zero-order valence-corrected chi connectivity index (χ0v) is 12.1. The highest BCUT2D eigenvalue weighted by Crippen LogP contribution is 2.25. The van der Waals surface area contributed by atoms with Gasteiger partial charge in [-0.15, -0.1) is 0 Å². The van der Waals surface area contributed by atoms with Gasteiger partial charge in [-0.1, -0.05) is 20.3 Å². The lowest BCUT2D eigenvalue weighted by molar-refractivity contribution is 0.267. The molecule has 3 atom stereocenters. The van der Waals surface area contributed by atoms with Crippen molar-refractivity contribution in [2.75, 3.05) is 27.2 Å². The summed E-state index contributed by atoms with van der Waals surface area (Å²) in [6.45, 7) is 6.58. The van der Waals surface area contributed by atoms with Gasteiger partial charge in [-0.3, -0.25) is 0 Å². The van der Waals surface area contributed by atoms with E-state index in [0.29, 0.717) is 18.0 Å². The minimum atomic E-state index is 0.613. The number of rotatable bonds is 7. The molecule has 0 saturated heterocycles. The second-order valence-corrected chi connectivity index (χ2v) is 6.29. The molecule has 0 aliphatic heterocycles. The Morgan fingerprint density at radius 1 is 1.29 bits per heavy atom. The molecule has 3 heteroatoms. The molecule has 1 saturated carbocycles. The Bertz CT molecular complexity index is 194. The van der Waals surface area contributed by atoms with E-state index < -0.39 is 0 Å². The molecule has 1 rings (SSSR count). The van der Waals surface area contributed by atoms with E-state index in [4.69, 9.17) is 5.73 Å². The molecule has 1 aliphatic carbocycles. The maximum absolute atomic E-state index is 5.85. The van der Waals surface area contributed by atoms with Gasteiger partial charge in [-0.2, -0.15) is 0 Å². The first kappa shape index (κ1) is 14.9. The average molecular weight is 241 g/mol. The van der Waals surface area contributed by atoms with E-state index in [-0.39, 0.29) is 0 Å². The standard InChI is InChI=1S/C14H31N3/c1-11(2)8-13(10-17(3)4)16-14-7-5-6-12(14)9-15/h11-14,16H,5-10,15H2,1-4H3. The van der Waals surface area contributed by atoms with Gasteiger partial charge in [0.1, 0.15) is 0 Å². The third-order valence-electron chi connectivity index (χ3n) is 3.75. The second kappa shape index (κ2) is 7.34. The molecule has 0 heterocycles. The van der Waals surface area contributed by atoms with E-state index in [1.807, 2.05) is 0 Å². The van der Waals surface area contributed by atoms with Crippen molar-refractivity contribution in [3.8, 4) is 0 Å². The topological polar surface area (TPSA) is 41.3 Å². The van der Waals surface area contributed by atoms with Gasteiger partial charge in [-0.25, -0.2) is 0 Å². The van der Waals surface area contributed by atoms with Crippen molar-refractivity contribution < 1.29 is 0 Å². The van der Waals surface area contributed by atoms with Crippen LogP contribution < -0.4 is 11.1 Å². The van der Waals surface area contributed by atoms with Crippen LogP contribution in [0.2, 0.25) is 0 Å². The normalized spacial score (nSPS) is 27.0. The van der Waals surface area contributed by atoms with Crippen LogP contribution in [0.4, 0.5) is 0 Å². The van der Waals surface area contributed by atoms with Crippen LogP contribution in [0.15, 0.2) is 0 Å². The first-order valence-electron chi connectivity index (χ1n) is 7.13. The van der Waals surface area contributed by atoms with Crippen LogP contribution in [0.1, 0.15) is 39.5 Å².